The molecule has 5 nitrogen and oxygen atoms in total. The molecule has 0 aliphatic heterocycles. The fraction of sp³-hybridized carbons (Fsp3) is 0.250. The molecule has 0 spiro atoms. The molecular weight excluding hydrogens is 368 g/mol. The minimum atomic E-state index is -3.60. The van der Waals surface area contributed by atoms with Gasteiger partial charge < -0.3 is 5.11 Å². The fourth-order valence-electron chi connectivity index (χ4n) is 2.07. The Bertz CT molecular complexity index is 919. The number of sulfone groups is 2. The Morgan fingerprint density at radius 3 is 2.12 bits per heavy atom. The lowest BCUT2D eigenvalue weighted by molar-refractivity contribution is 0.204. The van der Waals surface area contributed by atoms with Crippen LogP contribution in [0.1, 0.15) is 11.7 Å². The van der Waals surface area contributed by atoms with Gasteiger partial charge in [-0.2, -0.15) is 0 Å². The standard InChI is InChI=1S/C16H18O5S3/c1-23(18,19)13-8-9-15(16(10-13)24(2,20)21)22-11-14(17)12-6-4-3-5-7-12/h3-10,14,17H,11H2,1-2H3/t14-/m1/s1. The lowest BCUT2D eigenvalue weighted by Crippen LogP contribution is -2.05. The molecular formula is C16H18O5S3. The Morgan fingerprint density at radius 2 is 1.58 bits per heavy atom. The van der Waals surface area contributed by atoms with Crippen LogP contribution in [-0.2, 0) is 19.7 Å². The number of benzene rings is 2. The zero-order chi connectivity index (χ0) is 18.0. The van der Waals surface area contributed by atoms with Crippen molar-refractivity contribution in [3.05, 3.63) is 54.1 Å². The van der Waals surface area contributed by atoms with Crippen molar-refractivity contribution in [2.75, 3.05) is 18.3 Å². The van der Waals surface area contributed by atoms with Crippen LogP contribution < -0.4 is 0 Å². The third-order valence-electron chi connectivity index (χ3n) is 3.32. The maximum atomic E-state index is 12.0. The predicted molar refractivity (Wildman–Crippen MR) is 94.8 cm³/mol. The molecule has 0 amide bonds. The topological polar surface area (TPSA) is 88.5 Å². The van der Waals surface area contributed by atoms with Crippen LogP contribution in [0.4, 0.5) is 0 Å². The van der Waals surface area contributed by atoms with E-state index < -0.39 is 25.8 Å². The van der Waals surface area contributed by atoms with Gasteiger partial charge in [0.1, 0.15) is 0 Å². The molecule has 0 aliphatic rings. The van der Waals surface area contributed by atoms with E-state index in [4.69, 9.17) is 0 Å². The number of thioether (sulfide) groups is 1. The number of aliphatic hydroxyl groups is 1. The third-order valence-corrected chi connectivity index (χ3v) is 6.85. The highest BCUT2D eigenvalue weighted by Crippen LogP contribution is 2.31. The van der Waals surface area contributed by atoms with Crippen LogP contribution in [-0.4, -0.2) is 40.2 Å². The van der Waals surface area contributed by atoms with Gasteiger partial charge in [0.2, 0.25) is 0 Å². The van der Waals surface area contributed by atoms with E-state index in [9.17, 15) is 21.9 Å². The van der Waals surface area contributed by atoms with Crippen LogP contribution in [0.3, 0.4) is 0 Å². The predicted octanol–water partition coefficient (Wildman–Crippen LogP) is 2.32. The SMILES string of the molecule is CS(=O)(=O)c1ccc(SC[C@@H](O)c2ccccc2)c(S(C)(=O)=O)c1. The highest BCUT2D eigenvalue weighted by molar-refractivity contribution is 8.00. The van der Waals surface area contributed by atoms with Crippen LogP contribution in [0, 0.1) is 0 Å². The molecule has 24 heavy (non-hydrogen) atoms. The lowest BCUT2D eigenvalue weighted by atomic mass is 10.1. The quantitative estimate of drug-likeness (QED) is 0.767. The molecule has 0 saturated carbocycles. The van der Waals surface area contributed by atoms with Crippen LogP contribution in [0.2, 0.25) is 0 Å². The van der Waals surface area contributed by atoms with Crippen molar-refractivity contribution in [3.8, 4) is 0 Å². The van der Waals surface area contributed by atoms with E-state index in [0.717, 1.165) is 18.1 Å². The van der Waals surface area contributed by atoms with Crippen molar-refractivity contribution in [2.24, 2.45) is 0 Å². The van der Waals surface area contributed by atoms with E-state index >= 15 is 0 Å². The Balaban J connectivity index is 2.30. The van der Waals surface area contributed by atoms with Crippen molar-refractivity contribution < 1.29 is 21.9 Å². The van der Waals surface area contributed by atoms with Gasteiger partial charge in [-0.3, -0.25) is 0 Å². The Labute approximate surface area is 146 Å². The molecule has 0 aromatic heterocycles. The molecule has 0 unspecified atom stereocenters. The monoisotopic (exact) mass is 386 g/mol. The van der Waals surface area contributed by atoms with E-state index in [1.165, 1.54) is 30.0 Å². The second-order valence-electron chi connectivity index (χ2n) is 5.39. The summed E-state index contributed by atoms with van der Waals surface area (Å²) in [5, 5.41) is 10.2. The largest absolute Gasteiger partial charge is 0.388 e. The summed E-state index contributed by atoms with van der Waals surface area (Å²) < 4.78 is 47.2. The first kappa shape index (κ1) is 19.0. The molecule has 130 valence electrons. The molecule has 1 N–H and O–H groups in total. The first-order valence-corrected chi connectivity index (χ1v) is 11.8. The van der Waals surface area contributed by atoms with Crippen LogP contribution in [0.5, 0.6) is 0 Å². The number of aliphatic hydroxyl groups excluding tert-OH is 1. The summed E-state index contributed by atoms with van der Waals surface area (Å²) >= 11 is 1.17. The second-order valence-corrected chi connectivity index (χ2v) is 10.5. The van der Waals surface area contributed by atoms with Gasteiger partial charge in [-0.15, -0.1) is 11.8 Å². The molecule has 8 heteroatoms. The van der Waals surface area contributed by atoms with Gasteiger partial charge in [0.25, 0.3) is 0 Å². The van der Waals surface area contributed by atoms with Crippen molar-refractivity contribution >= 4 is 31.4 Å². The smallest absolute Gasteiger partial charge is 0.176 e. The summed E-state index contributed by atoms with van der Waals surface area (Å²) in [6.45, 7) is 0. The van der Waals surface area contributed by atoms with E-state index in [0.29, 0.717) is 4.90 Å². The van der Waals surface area contributed by atoms with Gasteiger partial charge in [0, 0.05) is 23.2 Å². The van der Waals surface area contributed by atoms with Crippen LogP contribution in [0.25, 0.3) is 0 Å². The summed E-state index contributed by atoms with van der Waals surface area (Å²) in [5.41, 5.74) is 0.735. The summed E-state index contributed by atoms with van der Waals surface area (Å²) in [6, 6.07) is 13.1. The number of hydrogen-bond donors (Lipinski definition) is 1. The maximum absolute atomic E-state index is 12.0. The van der Waals surface area contributed by atoms with Crippen molar-refractivity contribution in [1.29, 1.82) is 0 Å². The zero-order valence-electron chi connectivity index (χ0n) is 13.2. The van der Waals surface area contributed by atoms with Crippen molar-refractivity contribution in [3.63, 3.8) is 0 Å². The van der Waals surface area contributed by atoms with Crippen molar-refractivity contribution in [2.45, 2.75) is 20.8 Å². The molecule has 1 atom stereocenters. The third kappa shape index (κ3) is 4.83. The van der Waals surface area contributed by atoms with Gasteiger partial charge >= 0.3 is 0 Å². The molecule has 0 fully saturated rings. The van der Waals surface area contributed by atoms with E-state index in [1.54, 1.807) is 12.1 Å². The number of hydrogen-bond acceptors (Lipinski definition) is 6. The Morgan fingerprint density at radius 1 is 0.958 bits per heavy atom. The Kier molecular flexibility index (Phi) is 5.74. The fourth-order valence-corrected chi connectivity index (χ4v) is 5.09. The first-order chi connectivity index (χ1) is 11.1. The molecule has 0 saturated heterocycles. The average Bonchev–Trinajstić information content (AvgIpc) is 2.51. The second kappa shape index (κ2) is 7.26. The molecule has 0 radical (unpaired) electrons. The minimum Gasteiger partial charge on any atom is -0.388 e. The number of rotatable bonds is 6. The molecule has 0 aliphatic carbocycles. The van der Waals surface area contributed by atoms with Crippen molar-refractivity contribution in [1.82, 2.24) is 0 Å². The summed E-state index contributed by atoms with van der Waals surface area (Å²) in [7, 11) is -7.10. The molecule has 0 bridgehead atoms. The highest BCUT2D eigenvalue weighted by Gasteiger charge is 2.19. The van der Waals surface area contributed by atoms with Gasteiger partial charge in [-0.05, 0) is 23.8 Å². The van der Waals surface area contributed by atoms with Gasteiger partial charge in [-0.1, -0.05) is 30.3 Å². The highest BCUT2D eigenvalue weighted by atomic mass is 32.2. The van der Waals surface area contributed by atoms with E-state index in [1.807, 2.05) is 18.2 Å². The van der Waals surface area contributed by atoms with E-state index in [2.05, 4.69) is 0 Å². The zero-order valence-corrected chi connectivity index (χ0v) is 15.7. The Hall–Kier alpha value is -1.35. The van der Waals surface area contributed by atoms with Gasteiger partial charge in [-0.25, -0.2) is 16.8 Å². The molecule has 2 aromatic rings. The van der Waals surface area contributed by atoms with Gasteiger partial charge in [0.05, 0.1) is 15.9 Å². The van der Waals surface area contributed by atoms with Crippen LogP contribution >= 0.6 is 11.8 Å². The summed E-state index contributed by atoms with van der Waals surface area (Å²) in [5.74, 6) is 0.255. The normalized spacial score (nSPS) is 13.6. The molecule has 2 aromatic carbocycles. The summed E-state index contributed by atoms with van der Waals surface area (Å²) in [6.07, 6.45) is 1.31. The minimum absolute atomic E-state index is 0.0455. The summed E-state index contributed by atoms with van der Waals surface area (Å²) in [4.78, 5) is 0.325. The average molecular weight is 387 g/mol. The van der Waals surface area contributed by atoms with Crippen LogP contribution in [0.15, 0.2) is 63.2 Å². The van der Waals surface area contributed by atoms with Gasteiger partial charge in [0.15, 0.2) is 19.7 Å². The van der Waals surface area contributed by atoms with E-state index in [-0.39, 0.29) is 15.5 Å². The molecule has 2 rings (SSSR count). The molecule has 0 heterocycles. The lowest BCUT2D eigenvalue weighted by Gasteiger charge is -2.13. The maximum Gasteiger partial charge on any atom is 0.176 e. The first-order valence-electron chi connectivity index (χ1n) is 6.99.